The van der Waals surface area contributed by atoms with Gasteiger partial charge in [0.2, 0.25) is 0 Å². The summed E-state index contributed by atoms with van der Waals surface area (Å²) in [6, 6.07) is 11.2. The van der Waals surface area contributed by atoms with Crippen LogP contribution in [0, 0.1) is 5.82 Å². The Labute approximate surface area is 200 Å². The van der Waals surface area contributed by atoms with Gasteiger partial charge in [-0.05, 0) is 48.2 Å². The minimum atomic E-state index is -1.00. The zero-order chi connectivity index (χ0) is 24.1. The van der Waals surface area contributed by atoms with Crippen molar-refractivity contribution in [1.82, 2.24) is 4.98 Å². The van der Waals surface area contributed by atoms with Gasteiger partial charge in [-0.2, -0.15) is 0 Å². The second-order valence-electron chi connectivity index (χ2n) is 7.95. The Morgan fingerprint density at radius 3 is 2.82 bits per heavy atom. The molecule has 0 spiro atoms. The number of aromatic nitrogens is 1. The standard InChI is InChI=1S/C24H25FN4O4S/c25-17-9-14(12-26)8-16(10-17)23-29-21(24(34-23)27-13-18-5-3-7-33-18)22(32)28-19-6-2-1-4-15(19)11-20(30)31/h1-2,4,6,8-10,18,27H,3,5,7,11-13,26H2,(H,28,32)(H,30,31)/t18-/m0/s1. The number of halogens is 1. The number of nitrogens with two attached hydrogens (primary N) is 1. The van der Waals surface area contributed by atoms with E-state index in [9.17, 15) is 19.1 Å². The van der Waals surface area contributed by atoms with Gasteiger partial charge < -0.3 is 26.2 Å². The molecule has 178 valence electrons. The van der Waals surface area contributed by atoms with Crippen LogP contribution < -0.4 is 16.4 Å². The molecule has 1 fully saturated rings. The first-order valence-electron chi connectivity index (χ1n) is 10.9. The van der Waals surface area contributed by atoms with Crippen molar-refractivity contribution in [2.24, 2.45) is 5.73 Å². The van der Waals surface area contributed by atoms with Crippen molar-refractivity contribution >= 4 is 33.9 Å². The first-order valence-corrected chi connectivity index (χ1v) is 11.7. The summed E-state index contributed by atoms with van der Waals surface area (Å²) in [5.41, 5.74) is 7.84. The van der Waals surface area contributed by atoms with Crippen LogP contribution in [0.5, 0.6) is 0 Å². The van der Waals surface area contributed by atoms with Crippen molar-refractivity contribution in [3.8, 4) is 10.6 Å². The van der Waals surface area contributed by atoms with E-state index in [-0.39, 0.29) is 24.8 Å². The number of benzene rings is 2. The quantitative estimate of drug-likeness (QED) is 0.363. The molecule has 0 aliphatic carbocycles. The lowest BCUT2D eigenvalue weighted by Gasteiger charge is -2.12. The number of carbonyl (C=O) groups is 2. The van der Waals surface area contributed by atoms with Crippen molar-refractivity contribution in [1.29, 1.82) is 0 Å². The van der Waals surface area contributed by atoms with Crippen LogP contribution in [0.2, 0.25) is 0 Å². The highest BCUT2D eigenvalue weighted by Crippen LogP contribution is 2.34. The fourth-order valence-electron chi connectivity index (χ4n) is 3.76. The molecule has 5 N–H and O–H groups in total. The summed E-state index contributed by atoms with van der Waals surface area (Å²) >= 11 is 1.24. The lowest BCUT2D eigenvalue weighted by Crippen LogP contribution is -2.21. The Morgan fingerprint density at radius 2 is 2.09 bits per heavy atom. The second kappa shape index (κ2) is 10.7. The Hall–Kier alpha value is -3.34. The maximum absolute atomic E-state index is 14.1. The zero-order valence-electron chi connectivity index (χ0n) is 18.3. The number of anilines is 2. The van der Waals surface area contributed by atoms with E-state index < -0.39 is 17.7 Å². The summed E-state index contributed by atoms with van der Waals surface area (Å²) in [7, 11) is 0. The first kappa shape index (κ1) is 23.8. The largest absolute Gasteiger partial charge is 0.481 e. The van der Waals surface area contributed by atoms with Gasteiger partial charge in [-0.25, -0.2) is 9.37 Å². The number of aliphatic carboxylic acids is 1. The van der Waals surface area contributed by atoms with E-state index in [0.29, 0.717) is 45.5 Å². The average molecular weight is 485 g/mol. The number of hydrogen-bond acceptors (Lipinski definition) is 7. The molecule has 4 rings (SSSR count). The summed E-state index contributed by atoms with van der Waals surface area (Å²) in [5, 5.41) is 16.2. The third-order valence-electron chi connectivity index (χ3n) is 5.40. The number of thiazole rings is 1. The first-order chi connectivity index (χ1) is 16.4. The number of para-hydroxylation sites is 1. The summed E-state index contributed by atoms with van der Waals surface area (Å²) in [6.07, 6.45) is 1.72. The molecule has 1 saturated heterocycles. The number of amides is 1. The molecule has 1 amide bonds. The molecule has 10 heteroatoms. The molecular formula is C24H25FN4O4S. The van der Waals surface area contributed by atoms with Gasteiger partial charge in [-0.1, -0.05) is 29.5 Å². The highest BCUT2D eigenvalue weighted by molar-refractivity contribution is 7.19. The Balaban J connectivity index is 1.65. The smallest absolute Gasteiger partial charge is 0.307 e. The normalized spacial score (nSPS) is 15.3. The molecule has 1 aromatic heterocycles. The molecular weight excluding hydrogens is 459 g/mol. The number of carboxylic acids is 1. The van der Waals surface area contributed by atoms with Crippen molar-refractivity contribution in [2.45, 2.75) is 31.9 Å². The minimum Gasteiger partial charge on any atom is -0.481 e. The van der Waals surface area contributed by atoms with Crippen LogP contribution >= 0.6 is 11.3 Å². The molecule has 1 aliphatic heterocycles. The van der Waals surface area contributed by atoms with Crippen molar-refractivity contribution < 1.29 is 23.8 Å². The van der Waals surface area contributed by atoms with Crippen LogP contribution in [-0.4, -0.2) is 41.2 Å². The molecule has 0 unspecified atom stereocenters. The van der Waals surface area contributed by atoms with E-state index >= 15 is 0 Å². The van der Waals surface area contributed by atoms with Crippen LogP contribution in [0.1, 0.15) is 34.5 Å². The summed E-state index contributed by atoms with van der Waals surface area (Å²) in [5.74, 6) is -1.93. The van der Waals surface area contributed by atoms with Gasteiger partial charge in [0.25, 0.3) is 5.91 Å². The lowest BCUT2D eigenvalue weighted by molar-refractivity contribution is -0.136. The second-order valence-corrected chi connectivity index (χ2v) is 8.95. The van der Waals surface area contributed by atoms with Crippen LogP contribution in [0.4, 0.5) is 15.1 Å². The monoisotopic (exact) mass is 484 g/mol. The number of ether oxygens (including phenoxy) is 1. The van der Waals surface area contributed by atoms with Gasteiger partial charge in [0.05, 0.1) is 12.5 Å². The topological polar surface area (TPSA) is 127 Å². The average Bonchev–Trinajstić information content (AvgIpc) is 3.48. The van der Waals surface area contributed by atoms with Gasteiger partial charge in [-0.3, -0.25) is 9.59 Å². The number of carboxylic acid groups (broad SMARTS) is 1. The Morgan fingerprint density at radius 1 is 1.26 bits per heavy atom. The number of rotatable bonds is 9. The fraction of sp³-hybridized carbons (Fsp3) is 0.292. The van der Waals surface area contributed by atoms with E-state index in [1.54, 1.807) is 30.3 Å². The molecule has 3 aromatic rings. The summed E-state index contributed by atoms with van der Waals surface area (Å²) in [4.78, 5) is 28.9. The third-order valence-corrected chi connectivity index (χ3v) is 6.47. The predicted octanol–water partition coefficient (Wildman–Crippen LogP) is 3.88. The van der Waals surface area contributed by atoms with Gasteiger partial charge in [-0.15, -0.1) is 0 Å². The fourth-order valence-corrected chi connectivity index (χ4v) is 4.72. The van der Waals surface area contributed by atoms with Crippen LogP contribution in [0.3, 0.4) is 0 Å². The molecule has 0 bridgehead atoms. The number of carbonyl (C=O) groups excluding carboxylic acids is 1. The molecule has 0 saturated carbocycles. The third kappa shape index (κ3) is 5.77. The maximum atomic E-state index is 14.1. The van der Waals surface area contributed by atoms with Crippen molar-refractivity contribution in [3.63, 3.8) is 0 Å². The molecule has 2 heterocycles. The lowest BCUT2D eigenvalue weighted by atomic mass is 10.1. The number of hydrogen-bond donors (Lipinski definition) is 4. The van der Waals surface area contributed by atoms with Gasteiger partial charge in [0.15, 0.2) is 5.69 Å². The van der Waals surface area contributed by atoms with Gasteiger partial charge in [0, 0.05) is 30.9 Å². The van der Waals surface area contributed by atoms with Crippen molar-refractivity contribution in [3.05, 3.63) is 65.1 Å². The SMILES string of the molecule is NCc1cc(F)cc(-c2nc(C(=O)Nc3ccccc3CC(=O)O)c(NC[C@@H]3CCCO3)s2)c1. The molecule has 2 aromatic carbocycles. The minimum absolute atomic E-state index is 0.0377. The highest BCUT2D eigenvalue weighted by atomic mass is 32.1. The maximum Gasteiger partial charge on any atom is 0.307 e. The predicted molar refractivity (Wildman–Crippen MR) is 129 cm³/mol. The molecule has 8 nitrogen and oxygen atoms in total. The van der Waals surface area contributed by atoms with E-state index in [1.807, 2.05) is 0 Å². The summed E-state index contributed by atoms with van der Waals surface area (Å²) in [6.45, 7) is 1.39. The zero-order valence-corrected chi connectivity index (χ0v) is 19.2. The van der Waals surface area contributed by atoms with E-state index in [4.69, 9.17) is 10.5 Å². The van der Waals surface area contributed by atoms with Crippen LogP contribution in [0.25, 0.3) is 10.6 Å². The molecule has 0 radical (unpaired) electrons. The van der Waals surface area contributed by atoms with Crippen LogP contribution in [0.15, 0.2) is 42.5 Å². The van der Waals surface area contributed by atoms with E-state index in [2.05, 4.69) is 15.6 Å². The van der Waals surface area contributed by atoms with Crippen molar-refractivity contribution in [2.75, 3.05) is 23.8 Å². The van der Waals surface area contributed by atoms with Gasteiger partial charge >= 0.3 is 5.97 Å². The summed E-state index contributed by atoms with van der Waals surface area (Å²) < 4.78 is 19.8. The molecule has 1 atom stereocenters. The Kier molecular flexibility index (Phi) is 7.51. The van der Waals surface area contributed by atoms with Gasteiger partial charge in [0.1, 0.15) is 15.8 Å². The van der Waals surface area contributed by atoms with Crippen LogP contribution in [-0.2, 0) is 22.5 Å². The molecule has 34 heavy (non-hydrogen) atoms. The number of nitrogens with one attached hydrogen (secondary N) is 2. The van der Waals surface area contributed by atoms with E-state index in [1.165, 1.54) is 23.5 Å². The molecule has 1 aliphatic rings. The Bertz CT molecular complexity index is 1190. The van der Waals surface area contributed by atoms with E-state index in [0.717, 1.165) is 12.8 Å². The number of nitrogens with zero attached hydrogens (tertiary/aromatic N) is 1. The highest BCUT2D eigenvalue weighted by Gasteiger charge is 2.23.